The molecule has 2 aliphatic heterocycles. The van der Waals surface area contributed by atoms with E-state index in [1.807, 2.05) is 18.2 Å². The van der Waals surface area contributed by atoms with Crippen LogP contribution in [0.5, 0.6) is 5.75 Å². The number of fused-ring (bicyclic) bond motifs is 3. The quantitative estimate of drug-likeness (QED) is 0.850. The maximum Gasteiger partial charge on any atom is 0.258 e. The van der Waals surface area contributed by atoms with Gasteiger partial charge < -0.3 is 19.9 Å². The lowest BCUT2D eigenvalue weighted by Gasteiger charge is -2.55. The summed E-state index contributed by atoms with van der Waals surface area (Å²) < 4.78 is 6.40. The summed E-state index contributed by atoms with van der Waals surface area (Å²) in [6.45, 7) is 6.86. The number of carbonyl (C=O) groups is 2. The Labute approximate surface area is 166 Å². The van der Waals surface area contributed by atoms with Gasteiger partial charge in [-0.05, 0) is 43.9 Å². The van der Waals surface area contributed by atoms with Gasteiger partial charge in [0.25, 0.3) is 5.91 Å². The van der Waals surface area contributed by atoms with Crippen molar-refractivity contribution in [2.24, 2.45) is 17.8 Å². The summed E-state index contributed by atoms with van der Waals surface area (Å²) in [5.41, 5.74) is -0.0255. The second-order valence-corrected chi connectivity index (χ2v) is 8.78. The molecule has 6 rings (SSSR count). The summed E-state index contributed by atoms with van der Waals surface area (Å²) in [6, 6.07) is 7.46. The zero-order valence-corrected chi connectivity index (χ0v) is 16.5. The third-order valence-electron chi connectivity index (χ3n) is 7.42. The average molecular weight is 383 g/mol. The van der Waals surface area contributed by atoms with Crippen molar-refractivity contribution in [3.8, 4) is 5.75 Å². The number of piperazine rings is 1. The van der Waals surface area contributed by atoms with E-state index in [0.717, 1.165) is 58.4 Å². The first-order valence-electron chi connectivity index (χ1n) is 10.7. The van der Waals surface area contributed by atoms with Gasteiger partial charge in [0, 0.05) is 44.4 Å². The number of carbonyl (C=O) groups excluding carboxylic acids is 2. The molecule has 3 saturated carbocycles. The highest BCUT2D eigenvalue weighted by molar-refractivity contribution is 5.98. The maximum atomic E-state index is 13.3. The largest absolute Gasteiger partial charge is 0.467 e. The van der Waals surface area contributed by atoms with Gasteiger partial charge in [-0.15, -0.1) is 0 Å². The van der Waals surface area contributed by atoms with Crippen LogP contribution in [0.4, 0.5) is 0 Å². The highest BCUT2D eigenvalue weighted by Crippen LogP contribution is 2.52. The predicted molar refractivity (Wildman–Crippen MR) is 105 cm³/mol. The van der Waals surface area contributed by atoms with E-state index in [1.165, 1.54) is 0 Å². The van der Waals surface area contributed by atoms with Crippen LogP contribution in [0.3, 0.4) is 0 Å². The van der Waals surface area contributed by atoms with E-state index in [4.69, 9.17) is 4.74 Å². The minimum Gasteiger partial charge on any atom is -0.467 e. The van der Waals surface area contributed by atoms with Crippen molar-refractivity contribution in [2.45, 2.75) is 38.3 Å². The molecule has 3 aliphatic carbocycles. The molecule has 0 radical (unpaired) electrons. The number of hydrogen-bond donors (Lipinski definition) is 1. The van der Waals surface area contributed by atoms with E-state index >= 15 is 0 Å². The lowest BCUT2D eigenvalue weighted by molar-refractivity contribution is -0.156. The van der Waals surface area contributed by atoms with Gasteiger partial charge in [-0.1, -0.05) is 19.1 Å². The Hall–Kier alpha value is -2.08. The standard InChI is InChI=1S/C22H29N3O3/c1-2-24-9-11-25(12-10-24)21(27)18-13-16-8-7-15(18)14-22(16)23-20(26)17-5-3-4-6-19(17)28-22/h3-6,15-16,18H,2,7-14H2,1H3,(H,23,26)/t15-,16-,18+,22+/m1/s1. The smallest absolute Gasteiger partial charge is 0.258 e. The molecule has 28 heavy (non-hydrogen) atoms. The molecule has 1 aromatic carbocycles. The van der Waals surface area contributed by atoms with Crippen molar-refractivity contribution in [3.05, 3.63) is 29.8 Å². The first-order chi connectivity index (χ1) is 13.6. The van der Waals surface area contributed by atoms with Gasteiger partial charge in [0.05, 0.1) is 5.56 Å². The molecule has 4 atom stereocenters. The number of nitrogens with one attached hydrogen (secondary N) is 1. The molecule has 2 bridgehead atoms. The summed E-state index contributed by atoms with van der Waals surface area (Å²) in [7, 11) is 0. The molecule has 1 N–H and O–H groups in total. The minimum absolute atomic E-state index is 0.0482. The van der Waals surface area contributed by atoms with Crippen molar-refractivity contribution in [1.29, 1.82) is 0 Å². The molecule has 2 heterocycles. The summed E-state index contributed by atoms with van der Waals surface area (Å²) in [6.07, 6.45) is 3.63. The number of amides is 2. The molecule has 0 aromatic heterocycles. The number of hydrogen-bond acceptors (Lipinski definition) is 4. The van der Waals surface area contributed by atoms with Crippen molar-refractivity contribution >= 4 is 11.8 Å². The third-order valence-corrected chi connectivity index (χ3v) is 7.42. The van der Waals surface area contributed by atoms with Gasteiger partial charge in [0.1, 0.15) is 5.75 Å². The molecule has 6 heteroatoms. The second-order valence-electron chi connectivity index (χ2n) is 8.78. The second kappa shape index (κ2) is 6.76. The van der Waals surface area contributed by atoms with Crippen molar-refractivity contribution in [1.82, 2.24) is 15.1 Å². The summed E-state index contributed by atoms with van der Waals surface area (Å²) in [5.74, 6) is 1.51. The van der Waals surface area contributed by atoms with E-state index < -0.39 is 5.72 Å². The van der Waals surface area contributed by atoms with Crippen LogP contribution in [0.1, 0.15) is 43.0 Å². The highest BCUT2D eigenvalue weighted by Gasteiger charge is 2.57. The van der Waals surface area contributed by atoms with Gasteiger partial charge in [0.15, 0.2) is 5.72 Å². The fraction of sp³-hybridized carbons (Fsp3) is 0.636. The van der Waals surface area contributed by atoms with E-state index in [1.54, 1.807) is 6.07 Å². The van der Waals surface area contributed by atoms with Crippen LogP contribution in [0, 0.1) is 17.8 Å². The number of nitrogens with zero attached hydrogens (tertiary/aromatic N) is 2. The number of rotatable bonds is 2. The molecular weight excluding hydrogens is 354 g/mol. The first kappa shape index (κ1) is 18.0. The van der Waals surface area contributed by atoms with E-state index in [-0.39, 0.29) is 23.7 Å². The number of ether oxygens (including phenoxy) is 1. The fourth-order valence-corrected chi connectivity index (χ4v) is 5.78. The SMILES string of the molecule is CCN1CCN(C(=O)[C@H]2C[C@H]3CC[C@@H]2C[C@@]32NC(=O)c3ccccc3O2)CC1. The summed E-state index contributed by atoms with van der Waals surface area (Å²) in [4.78, 5) is 30.4. The highest BCUT2D eigenvalue weighted by atomic mass is 16.5. The minimum atomic E-state index is -0.633. The molecule has 1 aromatic rings. The van der Waals surface area contributed by atoms with Gasteiger partial charge in [-0.25, -0.2) is 0 Å². The van der Waals surface area contributed by atoms with Crippen LogP contribution >= 0.6 is 0 Å². The molecule has 4 fully saturated rings. The van der Waals surface area contributed by atoms with Crippen LogP contribution in [0.2, 0.25) is 0 Å². The van der Waals surface area contributed by atoms with Crippen LogP contribution in [-0.4, -0.2) is 60.1 Å². The predicted octanol–water partition coefficient (Wildman–Crippen LogP) is 2.11. The van der Waals surface area contributed by atoms with Crippen molar-refractivity contribution in [2.75, 3.05) is 32.7 Å². The Balaban J connectivity index is 1.32. The van der Waals surface area contributed by atoms with Gasteiger partial charge >= 0.3 is 0 Å². The lowest BCUT2D eigenvalue weighted by Crippen LogP contribution is -2.67. The molecular formula is C22H29N3O3. The number of likely N-dealkylation sites (N-methyl/N-ethyl adjacent to an activating group) is 1. The van der Waals surface area contributed by atoms with E-state index in [0.29, 0.717) is 17.2 Å². The van der Waals surface area contributed by atoms with E-state index in [2.05, 4.69) is 22.0 Å². The van der Waals surface area contributed by atoms with Gasteiger partial charge in [-0.3, -0.25) is 9.59 Å². The third kappa shape index (κ3) is 2.81. The average Bonchev–Trinajstić information content (AvgIpc) is 2.73. The van der Waals surface area contributed by atoms with Crippen molar-refractivity contribution in [3.63, 3.8) is 0 Å². The molecule has 1 spiro atoms. The Morgan fingerprint density at radius 2 is 2.00 bits per heavy atom. The molecule has 1 saturated heterocycles. The summed E-state index contributed by atoms with van der Waals surface area (Å²) in [5, 5.41) is 3.18. The Kier molecular flexibility index (Phi) is 4.34. The van der Waals surface area contributed by atoms with Crippen LogP contribution < -0.4 is 10.1 Å². The lowest BCUT2D eigenvalue weighted by atomic mass is 9.59. The van der Waals surface area contributed by atoms with E-state index in [9.17, 15) is 9.59 Å². The molecule has 6 nitrogen and oxygen atoms in total. The van der Waals surface area contributed by atoms with Crippen LogP contribution in [-0.2, 0) is 4.79 Å². The Morgan fingerprint density at radius 3 is 2.71 bits per heavy atom. The number of para-hydroxylation sites is 1. The topological polar surface area (TPSA) is 61.9 Å². The van der Waals surface area contributed by atoms with Crippen LogP contribution in [0.15, 0.2) is 24.3 Å². The zero-order chi connectivity index (χ0) is 19.3. The van der Waals surface area contributed by atoms with Gasteiger partial charge in [0.2, 0.25) is 5.91 Å². The number of benzene rings is 1. The molecule has 5 aliphatic rings. The first-order valence-corrected chi connectivity index (χ1v) is 10.7. The Morgan fingerprint density at radius 1 is 1.21 bits per heavy atom. The monoisotopic (exact) mass is 383 g/mol. The fourth-order valence-electron chi connectivity index (χ4n) is 5.78. The van der Waals surface area contributed by atoms with Gasteiger partial charge in [-0.2, -0.15) is 0 Å². The van der Waals surface area contributed by atoms with Crippen molar-refractivity contribution < 1.29 is 14.3 Å². The zero-order valence-electron chi connectivity index (χ0n) is 16.5. The normalized spacial score (nSPS) is 34.7. The summed E-state index contributed by atoms with van der Waals surface area (Å²) >= 11 is 0. The Bertz CT molecular complexity index is 789. The molecule has 2 amide bonds. The van der Waals surface area contributed by atoms with Crippen LogP contribution in [0.25, 0.3) is 0 Å². The molecule has 0 unspecified atom stereocenters. The molecule has 150 valence electrons. The maximum absolute atomic E-state index is 13.3.